The van der Waals surface area contributed by atoms with Gasteiger partial charge in [0.25, 0.3) is 0 Å². The van der Waals surface area contributed by atoms with Crippen molar-refractivity contribution in [3.63, 3.8) is 0 Å². The minimum Gasteiger partial charge on any atom is -0.387 e. The number of likely N-dealkylation sites (N-methyl/N-ethyl adjacent to an activating group) is 1. The molecule has 0 aliphatic heterocycles. The van der Waals surface area contributed by atoms with Crippen LogP contribution in [0.3, 0.4) is 0 Å². The summed E-state index contributed by atoms with van der Waals surface area (Å²) in [6.45, 7) is 4.85. The Bertz CT molecular complexity index is 1300. The summed E-state index contributed by atoms with van der Waals surface area (Å²) < 4.78 is 23.8. The van der Waals surface area contributed by atoms with E-state index in [4.69, 9.17) is 9.05 Å². The molecule has 0 heterocycles. The Kier molecular flexibility index (Phi) is 55.5. The fourth-order valence-corrected chi connectivity index (χ4v) is 10.5. The van der Waals surface area contributed by atoms with E-state index >= 15 is 0 Å². The van der Waals surface area contributed by atoms with Crippen molar-refractivity contribution < 1.29 is 32.9 Å². The van der Waals surface area contributed by atoms with E-state index in [2.05, 4.69) is 43.5 Å². The summed E-state index contributed by atoms with van der Waals surface area (Å²) in [6.07, 6.45) is 74.2. The number of carbonyl (C=O) groups excluding carboxylic acids is 1. The molecule has 0 spiro atoms. The van der Waals surface area contributed by atoms with Crippen LogP contribution in [-0.2, 0) is 18.4 Å². The van der Waals surface area contributed by atoms with E-state index in [0.29, 0.717) is 17.4 Å². The van der Waals surface area contributed by atoms with E-state index in [1.54, 1.807) is 6.08 Å². The molecule has 0 radical (unpaired) electrons. The first-order chi connectivity index (χ1) is 36.0. The highest BCUT2D eigenvalue weighted by atomic mass is 31.2. The van der Waals surface area contributed by atoms with Crippen LogP contribution in [0, 0.1) is 0 Å². The Morgan fingerprint density at radius 2 is 0.743 bits per heavy atom. The smallest absolute Gasteiger partial charge is 0.387 e. The van der Waals surface area contributed by atoms with Gasteiger partial charge in [-0.1, -0.05) is 294 Å². The molecule has 0 fully saturated rings. The Morgan fingerprint density at radius 3 is 1.08 bits per heavy atom. The first-order valence-electron chi connectivity index (χ1n) is 32.4. The number of hydrogen-bond acceptors (Lipinski definition) is 5. The third-order valence-electron chi connectivity index (χ3n) is 14.8. The number of allylic oxidation sites excluding steroid dienone is 5. The molecule has 3 unspecified atom stereocenters. The van der Waals surface area contributed by atoms with Crippen molar-refractivity contribution >= 4 is 13.7 Å². The van der Waals surface area contributed by atoms with Crippen molar-refractivity contribution in [1.29, 1.82) is 0 Å². The number of aliphatic hydroxyl groups excluding tert-OH is 1. The van der Waals surface area contributed by atoms with Crippen LogP contribution in [0.25, 0.3) is 0 Å². The summed E-state index contributed by atoms with van der Waals surface area (Å²) >= 11 is 0. The molecule has 0 saturated carbocycles. The second-order valence-electron chi connectivity index (χ2n) is 23.5. The average Bonchev–Trinajstić information content (AvgIpc) is 3.36. The minimum atomic E-state index is -4.36. The van der Waals surface area contributed by atoms with Crippen molar-refractivity contribution in [2.75, 3.05) is 40.9 Å². The summed E-state index contributed by atoms with van der Waals surface area (Å²) in [5.74, 6) is -0.183. The van der Waals surface area contributed by atoms with Gasteiger partial charge in [-0.2, -0.15) is 0 Å². The molecule has 0 aromatic carbocycles. The van der Waals surface area contributed by atoms with Crippen LogP contribution in [0.5, 0.6) is 0 Å². The molecule has 0 aromatic rings. The maximum atomic E-state index is 13.0. The van der Waals surface area contributed by atoms with E-state index < -0.39 is 20.0 Å². The number of nitrogens with one attached hydrogen (secondary N) is 1. The second-order valence-corrected chi connectivity index (χ2v) is 24.9. The fourth-order valence-electron chi connectivity index (χ4n) is 9.76. The lowest BCUT2D eigenvalue weighted by Crippen LogP contribution is -2.45. The van der Waals surface area contributed by atoms with Gasteiger partial charge in [0.15, 0.2) is 0 Å². The molecular weight excluding hydrogens is 936 g/mol. The zero-order valence-electron chi connectivity index (χ0n) is 50.1. The quantitative estimate of drug-likeness (QED) is 0.0243. The summed E-state index contributed by atoms with van der Waals surface area (Å²) in [6, 6.07) is -0.864. The monoisotopic (exact) mass is 1060 g/mol. The Morgan fingerprint density at radius 1 is 0.446 bits per heavy atom. The number of unbranched alkanes of at least 4 members (excludes halogenated alkanes) is 43. The van der Waals surface area contributed by atoms with Gasteiger partial charge in [-0.25, -0.2) is 4.57 Å². The lowest BCUT2D eigenvalue weighted by atomic mass is 10.0. The van der Waals surface area contributed by atoms with Crippen LogP contribution in [0.2, 0.25) is 0 Å². The third kappa shape index (κ3) is 58.4. The van der Waals surface area contributed by atoms with Gasteiger partial charge in [0.2, 0.25) is 5.91 Å². The number of aliphatic hydroxyl groups is 1. The van der Waals surface area contributed by atoms with Gasteiger partial charge in [-0.05, 0) is 57.8 Å². The molecule has 0 aliphatic rings. The highest BCUT2D eigenvalue weighted by Gasteiger charge is 2.27. The molecule has 0 bridgehead atoms. The molecule has 3 atom stereocenters. The van der Waals surface area contributed by atoms with E-state index in [1.807, 2.05) is 27.2 Å². The van der Waals surface area contributed by atoms with Gasteiger partial charge in [0, 0.05) is 6.42 Å². The van der Waals surface area contributed by atoms with Crippen LogP contribution in [0.4, 0.5) is 0 Å². The Balaban J connectivity index is 4.16. The van der Waals surface area contributed by atoms with Crippen molar-refractivity contribution in [2.45, 2.75) is 334 Å². The topological polar surface area (TPSA) is 105 Å². The number of phosphoric acid groups is 1. The molecular formula is C65H128N2O6P+. The van der Waals surface area contributed by atoms with Gasteiger partial charge in [0.05, 0.1) is 39.9 Å². The molecule has 0 aromatic heterocycles. The third-order valence-corrected chi connectivity index (χ3v) is 15.8. The van der Waals surface area contributed by atoms with Gasteiger partial charge in [-0.15, -0.1) is 0 Å². The number of hydrogen-bond donors (Lipinski definition) is 3. The van der Waals surface area contributed by atoms with Gasteiger partial charge in [-0.3, -0.25) is 13.8 Å². The zero-order valence-corrected chi connectivity index (χ0v) is 51.0. The summed E-state index contributed by atoms with van der Waals surface area (Å²) in [5, 5.41) is 14.0. The van der Waals surface area contributed by atoms with Crippen LogP contribution in [0.1, 0.15) is 322 Å². The van der Waals surface area contributed by atoms with Crippen LogP contribution < -0.4 is 5.32 Å². The maximum absolute atomic E-state index is 13.0. The molecule has 9 heteroatoms. The zero-order chi connectivity index (χ0) is 54.2. The second kappa shape index (κ2) is 56.4. The molecule has 74 heavy (non-hydrogen) atoms. The van der Waals surface area contributed by atoms with Crippen molar-refractivity contribution in [3.05, 3.63) is 36.5 Å². The van der Waals surface area contributed by atoms with Crippen molar-refractivity contribution in [1.82, 2.24) is 5.32 Å². The minimum absolute atomic E-state index is 0.0570. The number of nitrogens with zero attached hydrogens (tertiary/aromatic N) is 1. The number of rotatable bonds is 60. The predicted molar refractivity (Wildman–Crippen MR) is 323 cm³/mol. The largest absolute Gasteiger partial charge is 0.472 e. The number of quaternary nitrogens is 1. The van der Waals surface area contributed by atoms with Crippen LogP contribution in [0.15, 0.2) is 36.5 Å². The molecule has 438 valence electrons. The highest BCUT2D eigenvalue weighted by molar-refractivity contribution is 7.47. The van der Waals surface area contributed by atoms with Gasteiger partial charge >= 0.3 is 7.82 Å². The van der Waals surface area contributed by atoms with Crippen molar-refractivity contribution in [2.24, 2.45) is 0 Å². The summed E-state index contributed by atoms with van der Waals surface area (Å²) in [7, 11) is 1.57. The average molecular weight is 1060 g/mol. The van der Waals surface area contributed by atoms with E-state index in [1.165, 1.54) is 263 Å². The lowest BCUT2D eigenvalue weighted by Gasteiger charge is -2.25. The molecule has 0 rings (SSSR count). The lowest BCUT2D eigenvalue weighted by molar-refractivity contribution is -0.870. The summed E-state index contributed by atoms with van der Waals surface area (Å²) in [4.78, 5) is 23.4. The van der Waals surface area contributed by atoms with Crippen LogP contribution in [-0.4, -0.2) is 73.4 Å². The van der Waals surface area contributed by atoms with Gasteiger partial charge in [0.1, 0.15) is 13.2 Å². The molecule has 8 nitrogen and oxygen atoms in total. The van der Waals surface area contributed by atoms with Gasteiger partial charge < -0.3 is 19.8 Å². The van der Waals surface area contributed by atoms with Crippen molar-refractivity contribution in [3.8, 4) is 0 Å². The van der Waals surface area contributed by atoms with E-state index in [9.17, 15) is 19.4 Å². The molecule has 1 amide bonds. The SMILES string of the molecule is CCCCCCCCCCCCCC/C=C\CCCCCCCCCCCCCC(=O)NC(COP(=O)(O)OCC[N+](C)(C)C)C(O)/C=C/CC/C=C/CCCCCCCCCCCCCCCCCCCCC. The summed E-state index contributed by atoms with van der Waals surface area (Å²) in [5.41, 5.74) is 0. The number of amides is 1. The fraction of sp³-hybridized carbons (Fsp3) is 0.892. The predicted octanol–water partition coefficient (Wildman–Crippen LogP) is 20.1. The Hall–Kier alpha value is -1.28. The normalized spacial score (nSPS) is 14.0. The molecule has 0 aliphatic carbocycles. The first kappa shape index (κ1) is 72.7. The molecule has 0 saturated heterocycles. The highest BCUT2D eigenvalue weighted by Crippen LogP contribution is 2.43. The standard InChI is InChI=1S/C65H127N2O6P/c1-6-8-10-12-14-16-18-20-22-24-26-28-30-32-33-35-37-39-41-43-45-47-49-51-53-55-57-59-65(69)66-63(62-73-74(70,71)72-61-60-67(3,4)5)64(68)58-56-54-52-50-48-46-44-42-40-38-36-34-31-29-27-25-23-21-19-17-15-13-11-9-7-2/h32-33,48,50,56,58,63-64,68H,6-31,34-47,49,51-55,57,59-62H2,1-5H3,(H-,66,69,70,71)/p+1/b33-32-,50-48+,58-56+. The number of phosphoric ester groups is 1. The van der Waals surface area contributed by atoms with E-state index in [-0.39, 0.29) is 19.1 Å². The van der Waals surface area contributed by atoms with E-state index in [0.717, 1.165) is 38.5 Å². The molecule has 3 N–H and O–H groups in total. The Labute approximate surface area is 461 Å². The maximum Gasteiger partial charge on any atom is 0.472 e. The van der Waals surface area contributed by atoms with Crippen LogP contribution >= 0.6 is 7.82 Å². The number of carbonyl (C=O) groups is 1. The first-order valence-corrected chi connectivity index (χ1v) is 33.9.